The smallest absolute Gasteiger partial charge is 0.0469 e. The first-order chi connectivity index (χ1) is 9.43. The Bertz CT molecular complexity index is 281. The fraction of sp³-hybridized carbons (Fsp3) is 0.667. The Morgan fingerprint density at radius 3 is 2.11 bits per heavy atom. The highest BCUT2D eigenvalue weighted by atomic mass is 16.5. The third-order valence-corrected chi connectivity index (χ3v) is 3.49. The predicted octanol–water partition coefficient (Wildman–Crippen LogP) is 5.39. The Hall–Kier alpha value is -0.820. The van der Waals surface area contributed by atoms with Gasteiger partial charge in [0.1, 0.15) is 0 Å². The average Bonchev–Trinajstić information content (AvgIpc) is 2.46. The van der Waals surface area contributed by atoms with Gasteiger partial charge in [-0.15, -0.1) is 0 Å². The van der Waals surface area contributed by atoms with E-state index in [-0.39, 0.29) is 0 Å². The molecule has 0 aliphatic heterocycles. The first kappa shape index (κ1) is 16.2. The fourth-order valence-corrected chi connectivity index (χ4v) is 2.29. The first-order valence-electron chi connectivity index (χ1n) is 8.05. The lowest BCUT2D eigenvalue weighted by Crippen LogP contribution is -1.98. The van der Waals surface area contributed by atoms with E-state index in [1.165, 1.54) is 50.5 Å². The van der Waals surface area contributed by atoms with Gasteiger partial charge < -0.3 is 4.74 Å². The molecule has 0 heterocycles. The molecule has 0 spiro atoms. The van der Waals surface area contributed by atoms with Crippen molar-refractivity contribution in [3.05, 3.63) is 35.9 Å². The number of benzene rings is 1. The first-order valence-corrected chi connectivity index (χ1v) is 8.05. The average molecular weight is 262 g/mol. The van der Waals surface area contributed by atoms with E-state index in [2.05, 4.69) is 37.3 Å². The van der Waals surface area contributed by atoms with Crippen LogP contribution in [0, 0.1) is 0 Å². The Balaban J connectivity index is 1.79. The molecule has 0 radical (unpaired) electrons. The van der Waals surface area contributed by atoms with Crippen molar-refractivity contribution in [2.75, 3.05) is 13.2 Å². The van der Waals surface area contributed by atoms with Gasteiger partial charge in [-0.25, -0.2) is 0 Å². The van der Waals surface area contributed by atoms with E-state index >= 15 is 0 Å². The lowest BCUT2D eigenvalue weighted by Gasteiger charge is -2.04. The molecule has 0 aromatic heterocycles. The maximum absolute atomic E-state index is 5.68. The number of rotatable bonds is 12. The summed E-state index contributed by atoms with van der Waals surface area (Å²) in [6.07, 6.45) is 11.8. The number of ether oxygens (including phenoxy) is 1. The summed E-state index contributed by atoms with van der Waals surface area (Å²) in [7, 11) is 0. The van der Waals surface area contributed by atoms with E-state index in [1.807, 2.05) is 0 Å². The molecule has 0 N–H and O–H groups in total. The molecule has 0 amide bonds. The molecule has 0 aliphatic rings. The zero-order chi connectivity index (χ0) is 13.6. The molecule has 0 bridgehead atoms. The Morgan fingerprint density at radius 1 is 0.737 bits per heavy atom. The summed E-state index contributed by atoms with van der Waals surface area (Å²) in [6.45, 7) is 4.12. The molecule has 0 unspecified atom stereocenters. The van der Waals surface area contributed by atoms with Crippen LogP contribution in [0.15, 0.2) is 30.3 Å². The van der Waals surface area contributed by atoms with Gasteiger partial charge in [0.15, 0.2) is 0 Å². The highest BCUT2D eigenvalue weighted by Crippen LogP contribution is 2.07. The maximum atomic E-state index is 5.68. The van der Waals surface area contributed by atoms with E-state index in [1.54, 1.807) is 0 Å². The lowest BCUT2D eigenvalue weighted by molar-refractivity contribution is 0.127. The third-order valence-electron chi connectivity index (χ3n) is 3.49. The maximum Gasteiger partial charge on any atom is 0.0469 e. The van der Waals surface area contributed by atoms with Crippen LogP contribution in [0.1, 0.15) is 63.9 Å². The summed E-state index contributed by atoms with van der Waals surface area (Å²) in [6, 6.07) is 10.7. The van der Waals surface area contributed by atoms with Crippen molar-refractivity contribution in [2.24, 2.45) is 0 Å². The summed E-state index contributed by atoms with van der Waals surface area (Å²) in [5.74, 6) is 0. The molecule has 108 valence electrons. The summed E-state index contributed by atoms with van der Waals surface area (Å²) in [4.78, 5) is 0. The van der Waals surface area contributed by atoms with Crippen LogP contribution in [0.2, 0.25) is 0 Å². The van der Waals surface area contributed by atoms with Crippen molar-refractivity contribution in [1.82, 2.24) is 0 Å². The minimum absolute atomic E-state index is 0.907. The van der Waals surface area contributed by atoms with Crippen LogP contribution in [0.4, 0.5) is 0 Å². The van der Waals surface area contributed by atoms with Crippen LogP contribution >= 0.6 is 0 Å². The monoisotopic (exact) mass is 262 g/mol. The molecule has 0 atom stereocenters. The van der Waals surface area contributed by atoms with Crippen LogP contribution < -0.4 is 0 Å². The zero-order valence-corrected chi connectivity index (χ0v) is 12.6. The molecular formula is C18H30O. The molecule has 0 saturated heterocycles. The van der Waals surface area contributed by atoms with Crippen LogP contribution in [0.25, 0.3) is 0 Å². The van der Waals surface area contributed by atoms with Gasteiger partial charge in [-0.3, -0.25) is 0 Å². The minimum Gasteiger partial charge on any atom is -0.381 e. The van der Waals surface area contributed by atoms with Gasteiger partial charge >= 0.3 is 0 Å². The molecule has 1 aromatic rings. The summed E-state index contributed by atoms with van der Waals surface area (Å²) in [5, 5.41) is 0. The Morgan fingerprint density at radius 2 is 1.37 bits per heavy atom. The van der Waals surface area contributed by atoms with Gasteiger partial charge in [0.05, 0.1) is 0 Å². The third kappa shape index (κ3) is 9.72. The normalized spacial score (nSPS) is 10.8. The molecule has 0 aliphatic carbocycles. The van der Waals surface area contributed by atoms with Gasteiger partial charge in [0.2, 0.25) is 0 Å². The molecule has 1 aromatic carbocycles. The van der Waals surface area contributed by atoms with E-state index in [4.69, 9.17) is 4.74 Å². The van der Waals surface area contributed by atoms with Crippen molar-refractivity contribution in [3.8, 4) is 0 Å². The van der Waals surface area contributed by atoms with Crippen molar-refractivity contribution < 1.29 is 4.74 Å². The van der Waals surface area contributed by atoms with Gasteiger partial charge in [-0.05, 0) is 24.8 Å². The number of hydrogen-bond donors (Lipinski definition) is 0. The fourth-order valence-electron chi connectivity index (χ4n) is 2.29. The molecule has 1 rings (SSSR count). The predicted molar refractivity (Wildman–Crippen MR) is 83.6 cm³/mol. The molecule has 19 heavy (non-hydrogen) atoms. The topological polar surface area (TPSA) is 9.23 Å². The standard InChI is InChI=1S/C18H30O/c1-2-3-4-5-6-7-11-16-19-17-12-15-18-13-9-8-10-14-18/h8-10,13-14H,2-7,11-12,15-17H2,1H3. The quantitative estimate of drug-likeness (QED) is 0.459. The van der Waals surface area contributed by atoms with Crippen molar-refractivity contribution in [2.45, 2.75) is 64.7 Å². The number of aryl methyl sites for hydroxylation is 1. The molecule has 0 saturated carbocycles. The SMILES string of the molecule is CCCCCCCCCOCCCc1ccccc1. The number of hydrogen-bond acceptors (Lipinski definition) is 1. The summed E-state index contributed by atoms with van der Waals surface area (Å²) < 4.78 is 5.68. The Kier molecular flexibility index (Phi) is 10.4. The highest BCUT2D eigenvalue weighted by molar-refractivity contribution is 5.14. The zero-order valence-electron chi connectivity index (χ0n) is 12.6. The second-order valence-corrected chi connectivity index (χ2v) is 5.32. The van der Waals surface area contributed by atoms with Crippen LogP contribution in [-0.2, 0) is 11.2 Å². The van der Waals surface area contributed by atoms with Gasteiger partial charge in [0.25, 0.3) is 0 Å². The summed E-state index contributed by atoms with van der Waals surface area (Å²) >= 11 is 0. The van der Waals surface area contributed by atoms with Crippen molar-refractivity contribution in [3.63, 3.8) is 0 Å². The van der Waals surface area contributed by atoms with Gasteiger partial charge in [-0.2, -0.15) is 0 Å². The van der Waals surface area contributed by atoms with E-state index in [0.717, 1.165) is 26.1 Å². The molecular weight excluding hydrogens is 232 g/mol. The second-order valence-electron chi connectivity index (χ2n) is 5.32. The lowest BCUT2D eigenvalue weighted by atomic mass is 10.1. The van der Waals surface area contributed by atoms with E-state index in [0.29, 0.717) is 0 Å². The van der Waals surface area contributed by atoms with Crippen molar-refractivity contribution in [1.29, 1.82) is 0 Å². The second kappa shape index (κ2) is 12.2. The molecule has 1 nitrogen and oxygen atoms in total. The van der Waals surface area contributed by atoms with Gasteiger partial charge in [-0.1, -0.05) is 75.8 Å². The van der Waals surface area contributed by atoms with E-state index < -0.39 is 0 Å². The van der Waals surface area contributed by atoms with E-state index in [9.17, 15) is 0 Å². The summed E-state index contributed by atoms with van der Waals surface area (Å²) in [5.41, 5.74) is 1.42. The van der Waals surface area contributed by atoms with Crippen LogP contribution in [0.5, 0.6) is 0 Å². The Labute approximate surface area is 119 Å². The largest absolute Gasteiger partial charge is 0.381 e. The molecule has 0 fully saturated rings. The molecule has 1 heteroatoms. The van der Waals surface area contributed by atoms with Crippen LogP contribution in [-0.4, -0.2) is 13.2 Å². The number of unbranched alkanes of at least 4 members (excludes halogenated alkanes) is 6. The van der Waals surface area contributed by atoms with Crippen LogP contribution in [0.3, 0.4) is 0 Å². The highest BCUT2D eigenvalue weighted by Gasteiger charge is 1.94. The minimum atomic E-state index is 0.907. The van der Waals surface area contributed by atoms with Crippen molar-refractivity contribution >= 4 is 0 Å². The van der Waals surface area contributed by atoms with Gasteiger partial charge in [0, 0.05) is 13.2 Å².